The van der Waals surface area contributed by atoms with E-state index in [1.807, 2.05) is 24.3 Å². The van der Waals surface area contributed by atoms with Gasteiger partial charge in [0.05, 0.1) is 11.5 Å². The van der Waals surface area contributed by atoms with E-state index in [1.165, 1.54) is 12.3 Å². The predicted molar refractivity (Wildman–Crippen MR) is 101 cm³/mol. The van der Waals surface area contributed by atoms with Gasteiger partial charge in [0, 0.05) is 26.5 Å². The number of carbonyl (C=O) groups is 1. The number of carbonyl (C=O) groups excluding carboxylic acids is 1. The molecule has 0 fully saturated rings. The number of hydrogen-bond donors (Lipinski definition) is 0. The Morgan fingerprint density at radius 3 is 2.23 bits per heavy atom. The summed E-state index contributed by atoms with van der Waals surface area (Å²) in [5.41, 5.74) is 2.74. The number of rotatable bonds is 8. The number of hydrogen-bond acceptors (Lipinski definition) is 4. The molecule has 0 aliphatic rings. The fourth-order valence-corrected chi connectivity index (χ4v) is 3.33. The molecule has 0 saturated heterocycles. The Labute approximate surface area is 154 Å². The quantitative estimate of drug-likeness (QED) is 0.668. The SMILES string of the molecule is C=CC(=O)N(Cc1cccc(COC)c1)Cc1cccc(S(C)(=O)=O)c1. The van der Waals surface area contributed by atoms with Gasteiger partial charge >= 0.3 is 0 Å². The van der Waals surface area contributed by atoms with Gasteiger partial charge in [0.1, 0.15) is 0 Å². The summed E-state index contributed by atoms with van der Waals surface area (Å²) in [4.78, 5) is 14.1. The van der Waals surface area contributed by atoms with Gasteiger partial charge in [0.2, 0.25) is 5.91 Å². The fraction of sp³-hybridized carbons (Fsp3) is 0.250. The summed E-state index contributed by atoms with van der Waals surface area (Å²) in [5, 5.41) is 0. The zero-order valence-corrected chi connectivity index (χ0v) is 15.8. The second kappa shape index (κ2) is 8.78. The first-order valence-corrected chi connectivity index (χ1v) is 9.99. The van der Waals surface area contributed by atoms with E-state index in [1.54, 1.807) is 36.3 Å². The molecular weight excluding hydrogens is 350 g/mol. The van der Waals surface area contributed by atoms with Gasteiger partial charge in [0.25, 0.3) is 0 Å². The maximum atomic E-state index is 12.3. The highest BCUT2D eigenvalue weighted by atomic mass is 32.2. The van der Waals surface area contributed by atoms with Gasteiger partial charge in [-0.25, -0.2) is 8.42 Å². The molecule has 0 N–H and O–H groups in total. The summed E-state index contributed by atoms with van der Waals surface area (Å²) in [5.74, 6) is -0.216. The lowest BCUT2D eigenvalue weighted by Crippen LogP contribution is -2.28. The molecule has 0 atom stereocenters. The van der Waals surface area contributed by atoms with Crippen LogP contribution in [0.2, 0.25) is 0 Å². The lowest BCUT2D eigenvalue weighted by atomic mass is 10.1. The number of sulfone groups is 1. The summed E-state index contributed by atoms with van der Waals surface area (Å²) in [6.45, 7) is 4.75. The molecule has 0 aromatic heterocycles. The van der Waals surface area contributed by atoms with Crippen molar-refractivity contribution in [2.45, 2.75) is 24.6 Å². The summed E-state index contributed by atoms with van der Waals surface area (Å²) in [7, 11) is -1.66. The highest BCUT2D eigenvalue weighted by Crippen LogP contribution is 2.16. The van der Waals surface area contributed by atoms with E-state index >= 15 is 0 Å². The second-order valence-corrected chi connectivity index (χ2v) is 8.09. The number of ether oxygens (including phenoxy) is 1. The normalized spacial score (nSPS) is 11.2. The summed E-state index contributed by atoms with van der Waals surface area (Å²) >= 11 is 0. The Morgan fingerprint density at radius 1 is 1.08 bits per heavy atom. The van der Waals surface area contributed by atoms with Crippen molar-refractivity contribution in [3.05, 3.63) is 77.9 Å². The first kappa shape index (κ1) is 19.9. The van der Waals surface area contributed by atoms with E-state index in [4.69, 9.17) is 4.74 Å². The molecule has 0 aliphatic carbocycles. The molecule has 0 saturated carbocycles. The number of methoxy groups -OCH3 is 1. The van der Waals surface area contributed by atoms with E-state index in [-0.39, 0.29) is 10.8 Å². The minimum Gasteiger partial charge on any atom is -0.380 e. The molecule has 0 radical (unpaired) electrons. The van der Waals surface area contributed by atoms with Crippen molar-refractivity contribution in [3.63, 3.8) is 0 Å². The minimum absolute atomic E-state index is 0.216. The van der Waals surface area contributed by atoms with Gasteiger partial charge in [-0.2, -0.15) is 0 Å². The summed E-state index contributed by atoms with van der Waals surface area (Å²) in [6, 6.07) is 14.4. The lowest BCUT2D eigenvalue weighted by molar-refractivity contribution is -0.127. The van der Waals surface area contributed by atoms with Crippen LogP contribution >= 0.6 is 0 Å². The van der Waals surface area contributed by atoms with Gasteiger partial charge in [-0.1, -0.05) is 43.0 Å². The van der Waals surface area contributed by atoms with E-state index in [9.17, 15) is 13.2 Å². The van der Waals surface area contributed by atoms with Gasteiger partial charge in [0.15, 0.2) is 9.84 Å². The third kappa shape index (κ3) is 5.54. The highest BCUT2D eigenvalue weighted by molar-refractivity contribution is 7.90. The molecule has 0 heterocycles. The smallest absolute Gasteiger partial charge is 0.246 e. The Kier molecular flexibility index (Phi) is 6.71. The fourth-order valence-electron chi connectivity index (χ4n) is 2.64. The van der Waals surface area contributed by atoms with Crippen LogP contribution in [0.1, 0.15) is 16.7 Å². The molecule has 2 aromatic carbocycles. The van der Waals surface area contributed by atoms with Crippen LogP contribution in [0.4, 0.5) is 0 Å². The number of nitrogens with zero attached hydrogens (tertiary/aromatic N) is 1. The van der Waals surface area contributed by atoms with Crippen LogP contribution in [0.15, 0.2) is 66.1 Å². The van der Waals surface area contributed by atoms with Crippen molar-refractivity contribution in [2.75, 3.05) is 13.4 Å². The topological polar surface area (TPSA) is 63.7 Å². The maximum Gasteiger partial charge on any atom is 0.246 e. The lowest BCUT2D eigenvalue weighted by Gasteiger charge is -2.22. The monoisotopic (exact) mass is 373 g/mol. The van der Waals surface area contributed by atoms with E-state index in [0.717, 1.165) is 16.7 Å². The average molecular weight is 373 g/mol. The Hall–Kier alpha value is -2.44. The maximum absolute atomic E-state index is 12.3. The molecule has 2 rings (SSSR count). The van der Waals surface area contributed by atoms with Crippen LogP contribution in [0.3, 0.4) is 0 Å². The van der Waals surface area contributed by atoms with Crippen molar-refractivity contribution in [1.82, 2.24) is 4.90 Å². The molecule has 0 aliphatic heterocycles. The minimum atomic E-state index is -3.30. The Morgan fingerprint density at radius 2 is 1.65 bits per heavy atom. The molecule has 138 valence electrons. The first-order chi connectivity index (χ1) is 12.3. The van der Waals surface area contributed by atoms with Crippen molar-refractivity contribution in [3.8, 4) is 0 Å². The highest BCUT2D eigenvalue weighted by Gasteiger charge is 2.14. The van der Waals surface area contributed by atoms with E-state index < -0.39 is 9.84 Å². The van der Waals surface area contributed by atoms with Crippen molar-refractivity contribution in [1.29, 1.82) is 0 Å². The third-order valence-corrected chi connectivity index (χ3v) is 4.97. The van der Waals surface area contributed by atoms with Crippen LogP contribution in [0, 0.1) is 0 Å². The van der Waals surface area contributed by atoms with Crippen LogP contribution < -0.4 is 0 Å². The van der Waals surface area contributed by atoms with Crippen molar-refractivity contribution >= 4 is 15.7 Å². The van der Waals surface area contributed by atoms with Crippen LogP contribution in [-0.4, -0.2) is 32.6 Å². The zero-order valence-electron chi connectivity index (χ0n) is 15.0. The third-order valence-electron chi connectivity index (χ3n) is 3.86. The van der Waals surface area contributed by atoms with Gasteiger partial charge in [-0.15, -0.1) is 0 Å². The zero-order chi connectivity index (χ0) is 19.2. The van der Waals surface area contributed by atoms with E-state index in [2.05, 4.69) is 6.58 Å². The van der Waals surface area contributed by atoms with Crippen LogP contribution in [0.5, 0.6) is 0 Å². The number of amides is 1. The molecule has 1 amide bonds. The average Bonchev–Trinajstić information content (AvgIpc) is 2.60. The van der Waals surface area contributed by atoms with Crippen LogP contribution in [-0.2, 0) is 39.1 Å². The Balaban J connectivity index is 2.25. The number of benzene rings is 2. The molecule has 26 heavy (non-hydrogen) atoms. The standard InChI is InChI=1S/C20H23NO4S/c1-4-20(22)21(13-16-7-5-9-18(11-16)15-25-2)14-17-8-6-10-19(12-17)26(3,23)24/h4-12H,1,13-15H2,2-3H3. The molecule has 6 heteroatoms. The van der Waals surface area contributed by atoms with Crippen molar-refractivity contribution < 1.29 is 17.9 Å². The molecular formula is C20H23NO4S. The summed E-state index contributed by atoms with van der Waals surface area (Å²) < 4.78 is 28.6. The van der Waals surface area contributed by atoms with Crippen molar-refractivity contribution in [2.24, 2.45) is 0 Å². The van der Waals surface area contributed by atoms with Crippen LogP contribution in [0.25, 0.3) is 0 Å². The second-order valence-electron chi connectivity index (χ2n) is 6.07. The van der Waals surface area contributed by atoms with Gasteiger partial charge in [-0.3, -0.25) is 4.79 Å². The Bertz CT molecular complexity index is 890. The molecule has 0 spiro atoms. The molecule has 2 aromatic rings. The van der Waals surface area contributed by atoms with E-state index in [0.29, 0.717) is 19.7 Å². The molecule has 5 nitrogen and oxygen atoms in total. The molecule has 0 unspecified atom stereocenters. The predicted octanol–water partition coefficient (Wildman–Crippen LogP) is 2.95. The molecule has 0 bridgehead atoms. The van der Waals surface area contributed by atoms with Gasteiger partial charge < -0.3 is 9.64 Å². The van der Waals surface area contributed by atoms with Gasteiger partial charge in [-0.05, 0) is 34.9 Å². The largest absolute Gasteiger partial charge is 0.380 e. The first-order valence-electron chi connectivity index (χ1n) is 8.10. The summed E-state index contributed by atoms with van der Waals surface area (Å²) in [6.07, 6.45) is 2.43.